The molecule has 0 fully saturated rings. The maximum atomic E-state index is 12.1. The molecule has 1 N–H and O–H groups in total. The number of anilines is 1. The molecule has 0 radical (unpaired) electrons. The van der Waals surface area contributed by atoms with E-state index in [-0.39, 0.29) is 11.8 Å². The molecule has 114 valence electrons. The average molecular weight is 317 g/mol. The van der Waals surface area contributed by atoms with E-state index in [1.165, 1.54) is 0 Å². The second-order valence-electron chi connectivity index (χ2n) is 5.12. The van der Waals surface area contributed by atoms with Crippen LogP contribution >= 0.6 is 11.6 Å². The molecule has 0 aliphatic carbocycles. The van der Waals surface area contributed by atoms with Crippen LogP contribution in [0.15, 0.2) is 48.5 Å². The first-order valence-electron chi connectivity index (χ1n) is 6.82. The van der Waals surface area contributed by atoms with E-state index < -0.39 is 0 Å². The Labute approximate surface area is 134 Å². The lowest BCUT2D eigenvalue weighted by Gasteiger charge is -2.10. The van der Waals surface area contributed by atoms with Crippen molar-refractivity contribution in [1.82, 2.24) is 4.90 Å². The van der Waals surface area contributed by atoms with E-state index in [2.05, 4.69) is 5.32 Å². The van der Waals surface area contributed by atoms with Gasteiger partial charge in [-0.25, -0.2) is 0 Å². The molecule has 0 saturated heterocycles. The maximum Gasteiger partial charge on any atom is 0.255 e. The molecule has 2 amide bonds. The van der Waals surface area contributed by atoms with Gasteiger partial charge in [0.15, 0.2) is 0 Å². The van der Waals surface area contributed by atoms with Gasteiger partial charge in [0.2, 0.25) is 5.91 Å². The summed E-state index contributed by atoms with van der Waals surface area (Å²) in [5, 5.41) is 3.39. The Morgan fingerprint density at radius 2 is 1.59 bits per heavy atom. The van der Waals surface area contributed by atoms with Crippen molar-refractivity contribution in [2.75, 3.05) is 19.4 Å². The van der Waals surface area contributed by atoms with Crippen LogP contribution in [0.5, 0.6) is 0 Å². The second kappa shape index (κ2) is 7.09. The maximum absolute atomic E-state index is 12.1. The number of hydrogen-bond acceptors (Lipinski definition) is 2. The van der Waals surface area contributed by atoms with Crippen LogP contribution in [0.2, 0.25) is 5.02 Å². The zero-order chi connectivity index (χ0) is 16.1. The van der Waals surface area contributed by atoms with E-state index in [1.807, 2.05) is 12.1 Å². The summed E-state index contributed by atoms with van der Waals surface area (Å²) < 4.78 is 0. The molecule has 0 heterocycles. The van der Waals surface area contributed by atoms with E-state index in [0.717, 1.165) is 5.56 Å². The van der Waals surface area contributed by atoms with Crippen LogP contribution in [-0.2, 0) is 11.2 Å². The Kier molecular flexibility index (Phi) is 5.17. The highest BCUT2D eigenvalue weighted by molar-refractivity contribution is 6.30. The lowest BCUT2D eigenvalue weighted by molar-refractivity contribution is -0.127. The van der Waals surface area contributed by atoms with Gasteiger partial charge in [0, 0.05) is 30.4 Å². The molecule has 0 aliphatic heterocycles. The number of benzene rings is 2. The molecule has 5 heteroatoms. The first-order valence-corrected chi connectivity index (χ1v) is 7.19. The Hall–Kier alpha value is -2.33. The minimum atomic E-state index is -0.200. The van der Waals surface area contributed by atoms with Gasteiger partial charge in [-0.05, 0) is 42.0 Å². The summed E-state index contributed by atoms with van der Waals surface area (Å²) >= 11 is 5.79. The Balaban J connectivity index is 2.00. The van der Waals surface area contributed by atoms with E-state index in [4.69, 9.17) is 11.6 Å². The van der Waals surface area contributed by atoms with Gasteiger partial charge in [-0.2, -0.15) is 0 Å². The fourth-order valence-corrected chi connectivity index (χ4v) is 1.97. The van der Waals surface area contributed by atoms with Crippen LogP contribution in [-0.4, -0.2) is 30.8 Å². The topological polar surface area (TPSA) is 49.4 Å². The van der Waals surface area contributed by atoms with Gasteiger partial charge in [0.25, 0.3) is 5.91 Å². The number of amides is 2. The third kappa shape index (κ3) is 4.33. The van der Waals surface area contributed by atoms with Crippen LogP contribution in [0.25, 0.3) is 0 Å². The van der Waals surface area contributed by atoms with Crippen LogP contribution in [0, 0.1) is 0 Å². The van der Waals surface area contributed by atoms with Crippen LogP contribution < -0.4 is 5.32 Å². The molecule has 0 unspecified atom stereocenters. The monoisotopic (exact) mass is 316 g/mol. The van der Waals surface area contributed by atoms with Crippen molar-refractivity contribution in [2.24, 2.45) is 0 Å². The highest BCUT2D eigenvalue weighted by atomic mass is 35.5. The highest BCUT2D eigenvalue weighted by Crippen LogP contribution is 2.14. The number of nitrogens with zero attached hydrogens (tertiary/aromatic N) is 1. The predicted octanol–water partition coefficient (Wildman–Crippen LogP) is 3.22. The van der Waals surface area contributed by atoms with Crippen molar-refractivity contribution < 1.29 is 9.59 Å². The molecule has 2 aromatic carbocycles. The molecule has 22 heavy (non-hydrogen) atoms. The van der Waals surface area contributed by atoms with E-state index in [0.29, 0.717) is 22.7 Å². The van der Waals surface area contributed by atoms with Crippen LogP contribution in [0.3, 0.4) is 0 Å². The first-order chi connectivity index (χ1) is 10.5. The Morgan fingerprint density at radius 1 is 1.00 bits per heavy atom. The molecule has 0 bridgehead atoms. The second-order valence-corrected chi connectivity index (χ2v) is 5.56. The number of likely N-dealkylation sites (N-methyl/N-ethyl adjacent to an activating group) is 1. The third-order valence-corrected chi connectivity index (χ3v) is 3.42. The minimum Gasteiger partial charge on any atom is -0.349 e. The van der Waals surface area contributed by atoms with E-state index >= 15 is 0 Å². The summed E-state index contributed by atoms with van der Waals surface area (Å²) in [6.45, 7) is 0. The van der Waals surface area contributed by atoms with Crippen molar-refractivity contribution in [2.45, 2.75) is 6.42 Å². The quantitative estimate of drug-likeness (QED) is 0.941. The lowest BCUT2D eigenvalue weighted by atomic mass is 10.1. The number of halogens is 1. The summed E-state index contributed by atoms with van der Waals surface area (Å²) in [4.78, 5) is 25.2. The summed E-state index contributed by atoms with van der Waals surface area (Å²) in [7, 11) is 3.45. The van der Waals surface area contributed by atoms with Crippen molar-refractivity contribution in [3.05, 3.63) is 64.7 Å². The number of hydrogen-bond donors (Lipinski definition) is 1. The zero-order valence-corrected chi connectivity index (χ0v) is 13.2. The van der Waals surface area contributed by atoms with Gasteiger partial charge in [0.05, 0.1) is 6.42 Å². The highest BCUT2D eigenvalue weighted by Gasteiger charge is 2.08. The fourth-order valence-electron chi connectivity index (χ4n) is 1.84. The predicted molar refractivity (Wildman–Crippen MR) is 88.2 cm³/mol. The van der Waals surface area contributed by atoms with Gasteiger partial charge in [-0.15, -0.1) is 0 Å². The molecule has 4 nitrogen and oxygen atoms in total. The Morgan fingerprint density at radius 3 is 2.14 bits per heavy atom. The molecule has 0 saturated carbocycles. The molecule has 2 aromatic rings. The normalized spacial score (nSPS) is 10.1. The first kappa shape index (κ1) is 16.0. The standard InChI is InChI=1S/C17H17ClN2O2/c1-20(2)16(21)11-12-3-9-15(10-4-12)19-17(22)13-5-7-14(18)8-6-13/h3-10H,11H2,1-2H3,(H,19,22). The fraction of sp³-hybridized carbons (Fsp3) is 0.176. The zero-order valence-electron chi connectivity index (χ0n) is 12.5. The summed E-state index contributed by atoms with van der Waals surface area (Å²) in [6, 6.07) is 13.9. The SMILES string of the molecule is CN(C)C(=O)Cc1ccc(NC(=O)c2ccc(Cl)cc2)cc1. The van der Waals surface area contributed by atoms with Crippen molar-refractivity contribution in [1.29, 1.82) is 0 Å². The van der Waals surface area contributed by atoms with Crippen molar-refractivity contribution in [3.63, 3.8) is 0 Å². The number of nitrogens with one attached hydrogen (secondary N) is 1. The number of carbonyl (C=O) groups excluding carboxylic acids is 2. The Bertz CT molecular complexity index is 664. The molecule has 0 atom stereocenters. The summed E-state index contributed by atoms with van der Waals surface area (Å²) in [5.41, 5.74) is 2.13. The van der Waals surface area contributed by atoms with Crippen LogP contribution in [0.4, 0.5) is 5.69 Å². The van der Waals surface area contributed by atoms with Gasteiger partial charge in [-0.3, -0.25) is 9.59 Å². The van der Waals surface area contributed by atoms with Crippen LogP contribution in [0.1, 0.15) is 15.9 Å². The van der Waals surface area contributed by atoms with Crippen molar-refractivity contribution in [3.8, 4) is 0 Å². The molecular formula is C17H17ClN2O2. The largest absolute Gasteiger partial charge is 0.349 e. The number of rotatable bonds is 4. The van der Waals surface area contributed by atoms with Crippen molar-refractivity contribution >= 4 is 29.1 Å². The molecule has 0 spiro atoms. The molecule has 2 rings (SSSR count). The van der Waals surface area contributed by atoms with Gasteiger partial charge in [0.1, 0.15) is 0 Å². The lowest BCUT2D eigenvalue weighted by Crippen LogP contribution is -2.23. The number of carbonyl (C=O) groups is 2. The van der Waals surface area contributed by atoms with Gasteiger partial charge in [-0.1, -0.05) is 23.7 Å². The van der Waals surface area contributed by atoms with E-state index in [1.54, 1.807) is 55.4 Å². The minimum absolute atomic E-state index is 0.0398. The average Bonchev–Trinajstić information content (AvgIpc) is 2.49. The van der Waals surface area contributed by atoms with Gasteiger partial charge >= 0.3 is 0 Å². The third-order valence-electron chi connectivity index (χ3n) is 3.17. The van der Waals surface area contributed by atoms with Gasteiger partial charge < -0.3 is 10.2 Å². The summed E-state index contributed by atoms with van der Waals surface area (Å²) in [5.74, 6) is -0.160. The molecule has 0 aromatic heterocycles. The molecular weight excluding hydrogens is 300 g/mol. The smallest absolute Gasteiger partial charge is 0.255 e. The van der Waals surface area contributed by atoms with E-state index in [9.17, 15) is 9.59 Å². The summed E-state index contributed by atoms with van der Waals surface area (Å²) in [6.07, 6.45) is 0.346. The molecule has 0 aliphatic rings.